The lowest BCUT2D eigenvalue weighted by atomic mass is 10.2. The summed E-state index contributed by atoms with van der Waals surface area (Å²) in [6, 6.07) is 14.9. The lowest BCUT2D eigenvalue weighted by Crippen LogP contribution is -2.47. The summed E-state index contributed by atoms with van der Waals surface area (Å²) in [5, 5.41) is 4.72. The third-order valence-corrected chi connectivity index (χ3v) is 5.40. The number of ether oxygens (including phenoxy) is 1. The normalized spacial score (nSPS) is 14.8. The monoisotopic (exact) mass is 438 g/mol. The highest BCUT2D eigenvalue weighted by atomic mass is 35.5. The van der Waals surface area contributed by atoms with Gasteiger partial charge < -0.3 is 14.2 Å². The molecule has 8 heteroatoms. The van der Waals surface area contributed by atoms with Crippen LogP contribution in [0.3, 0.4) is 0 Å². The minimum atomic E-state index is 0.0123. The van der Waals surface area contributed by atoms with Gasteiger partial charge in [-0.1, -0.05) is 28.9 Å². The molecule has 0 saturated carbocycles. The lowest BCUT2D eigenvalue weighted by molar-refractivity contribution is -0.127. The van der Waals surface area contributed by atoms with Gasteiger partial charge >= 0.3 is 0 Å². The first-order chi connectivity index (χ1) is 15.1. The molecule has 1 amide bonds. The van der Waals surface area contributed by atoms with Crippen LogP contribution in [0, 0.1) is 0 Å². The van der Waals surface area contributed by atoms with Gasteiger partial charge in [-0.2, -0.15) is 4.98 Å². The van der Waals surface area contributed by atoms with E-state index < -0.39 is 0 Å². The van der Waals surface area contributed by atoms with Gasteiger partial charge in [0.15, 0.2) is 0 Å². The number of hydrogen-bond acceptors (Lipinski definition) is 6. The summed E-state index contributed by atoms with van der Waals surface area (Å²) >= 11 is 5.92. The van der Waals surface area contributed by atoms with E-state index >= 15 is 0 Å². The van der Waals surface area contributed by atoms with Crippen LogP contribution in [-0.2, 0) is 11.3 Å². The molecule has 0 unspecified atom stereocenters. The van der Waals surface area contributed by atoms with Gasteiger partial charge in [0.1, 0.15) is 5.75 Å². The van der Waals surface area contributed by atoms with Crippen LogP contribution in [0.5, 0.6) is 5.75 Å². The average molecular weight is 439 g/mol. The number of carbonyl (C=O) groups is 1. The minimum absolute atomic E-state index is 0.0123. The predicted molar refractivity (Wildman–Crippen MR) is 119 cm³/mol. The molecule has 160 valence electrons. The van der Waals surface area contributed by atoms with Crippen molar-refractivity contribution >= 4 is 23.6 Å². The Hall–Kier alpha value is -3.16. The molecule has 7 nitrogen and oxygen atoms in total. The van der Waals surface area contributed by atoms with Gasteiger partial charge in [0.05, 0.1) is 13.7 Å². The maximum Gasteiger partial charge on any atom is 0.246 e. The number of halogens is 1. The van der Waals surface area contributed by atoms with Crippen molar-refractivity contribution in [2.75, 3.05) is 33.3 Å². The molecule has 0 radical (unpaired) electrons. The Morgan fingerprint density at radius 2 is 1.81 bits per heavy atom. The van der Waals surface area contributed by atoms with Crippen LogP contribution in [0.25, 0.3) is 17.5 Å². The molecule has 0 N–H and O–H groups in total. The molecule has 1 aliphatic heterocycles. The molecule has 2 aromatic carbocycles. The Bertz CT molecular complexity index is 1040. The minimum Gasteiger partial charge on any atom is -0.497 e. The lowest BCUT2D eigenvalue weighted by Gasteiger charge is -2.33. The highest BCUT2D eigenvalue weighted by Gasteiger charge is 2.21. The molecular weight excluding hydrogens is 416 g/mol. The van der Waals surface area contributed by atoms with Crippen molar-refractivity contribution in [2.24, 2.45) is 0 Å². The number of rotatable bonds is 6. The van der Waals surface area contributed by atoms with Crippen molar-refractivity contribution in [3.63, 3.8) is 0 Å². The Labute approximate surface area is 185 Å². The van der Waals surface area contributed by atoms with Gasteiger partial charge in [0.25, 0.3) is 0 Å². The molecule has 31 heavy (non-hydrogen) atoms. The van der Waals surface area contributed by atoms with Crippen LogP contribution < -0.4 is 4.74 Å². The van der Waals surface area contributed by atoms with Gasteiger partial charge in [0.2, 0.25) is 17.6 Å². The molecule has 4 rings (SSSR count). The Balaban J connectivity index is 1.27. The molecule has 0 spiro atoms. The fraction of sp³-hybridized carbons (Fsp3) is 0.261. The second-order valence-corrected chi connectivity index (χ2v) is 7.66. The number of benzene rings is 2. The fourth-order valence-electron chi connectivity index (χ4n) is 3.34. The van der Waals surface area contributed by atoms with E-state index in [1.807, 2.05) is 47.4 Å². The fourth-order valence-corrected chi connectivity index (χ4v) is 3.47. The molecule has 1 saturated heterocycles. The second kappa shape index (κ2) is 9.76. The first kappa shape index (κ1) is 21.1. The highest BCUT2D eigenvalue weighted by Crippen LogP contribution is 2.19. The van der Waals surface area contributed by atoms with E-state index in [4.69, 9.17) is 20.9 Å². The number of aromatic nitrogens is 2. The van der Waals surface area contributed by atoms with Crippen LogP contribution in [0.4, 0.5) is 0 Å². The Morgan fingerprint density at radius 1 is 1.10 bits per heavy atom. The number of piperazine rings is 1. The van der Waals surface area contributed by atoms with E-state index in [1.165, 1.54) is 0 Å². The zero-order chi connectivity index (χ0) is 21.6. The van der Waals surface area contributed by atoms with Crippen molar-refractivity contribution in [2.45, 2.75) is 6.54 Å². The molecule has 1 aliphatic rings. The molecule has 0 atom stereocenters. The molecule has 0 aliphatic carbocycles. The summed E-state index contributed by atoms with van der Waals surface area (Å²) in [7, 11) is 1.63. The third-order valence-electron chi connectivity index (χ3n) is 5.15. The molecular formula is C23H23ClN4O3. The van der Waals surface area contributed by atoms with Gasteiger partial charge in [0, 0.05) is 42.8 Å². The number of carbonyl (C=O) groups excluding carboxylic acids is 1. The number of methoxy groups -OCH3 is 1. The first-order valence-corrected chi connectivity index (χ1v) is 10.4. The zero-order valence-electron chi connectivity index (χ0n) is 17.2. The van der Waals surface area contributed by atoms with Gasteiger partial charge in [-0.15, -0.1) is 0 Å². The van der Waals surface area contributed by atoms with E-state index in [-0.39, 0.29) is 5.91 Å². The summed E-state index contributed by atoms with van der Waals surface area (Å²) in [6.45, 7) is 3.37. The van der Waals surface area contributed by atoms with Crippen molar-refractivity contribution < 1.29 is 14.1 Å². The average Bonchev–Trinajstić information content (AvgIpc) is 3.27. The smallest absolute Gasteiger partial charge is 0.246 e. The standard InChI is InChI=1S/C23H23ClN4O3/c1-30-20-9-2-17(3-10-20)4-11-22(29)28-14-12-27(13-15-28)16-21-25-23(26-31-21)18-5-7-19(24)8-6-18/h2-11H,12-16H2,1H3/b11-4+. The third kappa shape index (κ3) is 5.51. The van der Waals surface area contributed by atoms with Crippen molar-refractivity contribution in [3.8, 4) is 17.1 Å². The molecule has 3 aromatic rings. The molecule has 2 heterocycles. The Morgan fingerprint density at radius 3 is 2.48 bits per heavy atom. The van der Waals surface area contributed by atoms with Gasteiger partial charge in [-0.05, 0) is 48.0 Å². The summed E-state index contributed by atoms with van der Waals surface area (Å²) in [5.74, 6) is 1.91. The quantitative estimate of drug-likeness (QED) is 0.546. The number of hydrogen-bond donors (Lipinski definition) is 0. The maximum absolute atomic E-state index is 12.5. The van der Waals surface area contributed by atoms with E-state index in [1.54, 1.807) is 25.3 Å². The van der Waals surface area contributed by atoms with Crippen LogP contribution in [0.15, 0.2) is 59.1 Å². The number of nitrogens with zero attached hydrogens (tertiary/aromatic N) is 4. The molecule has 1 aromatic heterocycles. The first-order valence-electron chi connectivity index (χ1n) is 10.0. The SMILES string of the molecule is COc1ccc(/C=C/C(=O)N2CCN(Cc3nc(-c4ccc(Cl)cc4)no3)CC2)cc1. The van der Waals surface area contributed by atoms with E-state index in [2.05, 4.69) is 15.0 Å². The predicted octanol–water partition coefficient (Wildman–Crippen LogP) is 3.76. The van der Waals surface area contributed by atoms with E-state index in [0.717, 1.165) is 30.0 Å². The Kier molecular flexibility index (Phi) is 6.64. The summed E-state index contributed by atoms with van der Waals surface area (Å²) < 4.78 is 10.5. The van der Waals surface area contributed by atoms with Crippen molar-refractivity contribution in [3.05, 3.63) is 71.1 Å². The van der Waals surface area contributed by atoms with Crippen molar-refractivity contribution in [1.29, 1.82) is 0 Å². The molecule has 0 bridgehead atoms. The van der Waals surface area contributed by atoms with Crippen molar-refractivity contribution in [1.82, 2.24) is 19.9 Å². The van der Waals surface area contributed by atoms with E-state index in [0.29, 0.717) is 36.4 Å². The van der Waals surface area contributed by atoms with Crippen LogP contribution >= 0.6 is 11.6 Å². The topological polar surface area (TPSA) is 71.7 Å². The largest absolute Gasteiger partial charge is 0.497 e. The highest BCUT2D eigenvalue weighted by molar-refractivity contribution is 6.30. The summed E-state index contributed by atoms with van der Waals surface area (Å²) in [4.78, 5) is 21.0. The summed E-state index contributed by atoms with van der Waals surface area (Å²) in [5.41, 5.74) is 1.82. The second-order valence-electron chi connectivity index (χ2n) is 7.23. The van der Waals surface area contributed by atoms with E-state index in [9.17, 15) is 4.79 Å². The van der Waals surface area contributed by atoms with Crippen LogP contribution in [0.2, 0.25) is 5.02 Å². The number of amides is 1. The van der Waals surface area contributed by atoms with Gasteiger partial charge in [-0.25, -0.2) is 0 Å². The van der Waals surface area contributed by atoms with Crippen LogP contribution in [-0.4, -0.2) is 59.1 Å². The molecule has 1 fully saturated rings. The van der Waals surface area contributed by atoms with Crippen LogP contribution in [0.1, 0.15) is 11.5 Å². The van der Waals surface area contributed by atoms with Gasteiger partial charge in [-0.3, -0.25) is 9.69 Å². The zero-order valence-corrected chi connectivity index (χ0v) is 18.0. The maximum atomic E-state index is 12.5. The summed E-state index contributed by atoms with van der Waals surface area (Å²) in [6.07, 6.45) is 3.44.